The molecule has 3 N–H and O–H groups in total. The molecule has 1 aromatic heterocycles. The Bertz CT molecular complexity index is 880. The van der Waals surface area contributed by atoms with E-state index in [-0.39, 0.29) is 35.6 Å². The van der Waals surface area contributed by atoms with Crippen molar-refractivity contribution in [2.75, 3.05) is 31.1 Å². The largest absolute Gasteiger partial charge is 0.397 e. The van der Waals surface area contributed by atoms with Gasteiger partial charge in [-0.25, -0.2) is 18.7 Å². The number of hydrogen-bond donors (Lipinski definition) is 2. The SMILES string of the molecule is NC(=C1CC(F)(F)CC2(CCCCC2=O)C1=O)c1ccnc(N2CCCNCC2)n1. The van der Waals surface area contributed by atoms with Gasteiger partial charge in [0.15, 0.2) is 5.78 Å². The molecule has 4 rings (SSSR count). The molecule has 30 heavy (non-hydrogen) atoms. The van der Waals surface area contributed by atoms with Crippen LogP contribution in [0.5, 0.6) is 0 Å². The van der Waals surface area contributed by atoms with Crippen LogP contribution in [0.25, 0.3) is 5.70 Å². The van der Waals surface area contributed by atoms with E-state index in [4.69, 9.17) is 5.73 Å². The number of nitrogens with one attached hydrogen (secondary N) is 1. The topological polar surface area (TPSA) is 101 Å². The Morgan fingerprint density at radius 3 is 2.80 bits per heavy atom. The molecule has 2 aliphatic carbocycles. The van der Waals surface area contributed by atoms with Gasteiger partial charge in [0.2, 0.25) is 5.95 Å². The van der Waals surface area contributed by atoms with Crippen LogP contribution in [-0.4, -0.2) is 53.6 Å². The third-order valence-electron chi connectivity index (χ3n) is 6.36. The molecule has 1 saturated heterocycles. The minimum atomic E-state index is -3.16. The lowest BCUT2D eigenvalue weighted by atomic mass is 9.61. The van der Waals surface area contributed by atoms with Crippen molar-refractivity contribution < 1.29 is 18.4 Å². The second-order valence-corrected chi connectivity index (χ2v) is 8.48. The molecule has 1 unspecified atom stereocenters. The number of hydrogen-bond acceptors (Lipinski definition) is 7. The second-order valence-electron chi connectivity index (χ2n) is 8.48. The Balaban J connectivity index is 1.71. The van der Waals surface area contributed by atoms with Crippen molar-refractivity contribution in [3.05, 3.63) is 23.5 Å². The highest BCUT2D eigenvalue weighted by Crippen LogP contribution is 2.51. The molecule has 2 heterocycles. The minimum absolute atomic E-state index is 0.0753. The average molecular weight is 419 g/mol. The quantitative estimate of drug-likeness (QED) is 0.559. The predicted octanol–water partition coefficient (Wildman–Crippen LogP) is 2.07. The zero-order valence-corrected chi connectivity index (χ0v) is 16.9. The first-order valence-corrected chi connectivity index (χ1v) is 10.6. The molecule has 0 bridgehead atoms. The fourth-order valence-corrected chi connectivity index (χ4v) is 4.80. The number of alkyl halides is 2. The van der Waals surface area contributed by atoms with Crippen molar-refractivity contribution in [2.24, 2.45) is 11.1 Å². The minimum Gasteiger partial charge on any atom is -0.397 e. The molecule has 1 aliphatic heterocycles. The molecule has 2 saturated carbocycles. The molecule has 1 atom stereocenters. The van der Waals surface area contributed by atoms with E-state index in [1.807, 2.05) is 4.90 Å². The lowest BCUT2D eigenvalue weighted by molar-refractivity contribution is -0.154. The molecule has 0 amide bonds. The zero-order chi connectivity index (χ0) is 21.4. The van der Waals surface area contributed by atoms with E-state index in [2.05, 4.69) is 15.3 Å². The normalized spacial score (nSPS) is 29.1. The second kappa shape index (κ2) is 8.02. The van der Waals surface area contributed by atoms with Crippen LogP contribution in [0, 0.1) is 5.41 Å². The van der Waals surface area contributed by atoms with E-state index >= 15 is 0 Å². The summed E-state index contributed by atoms with van der Waals surface area (Å²) in [7, 11) is 0. The molecule has 9 heteroatoms. The molecule has 3 aliphatic rings. The molecule has 0 aromatic carbocycles. The number of aromatic nitrogens is 2. The van der Waals surface area contributed by atoms with E-state index in [1.165, 1.54) is 12.3 Å². The summed E-state index contributed by atoms with van der Waals surface area (Å²) in [5.41, 5.74) is 4.59. The summed E-state index contributed by atoms with van der Waals surface area (Å²) in [6.07, 6.45) is 2.51. The van der Waals surface area contributed by atoms with Gasteiger partial charge in [-0.15, -0.1) is 0 Å². The van der Waals surface area contributed by atoms with Crippen LogP contribution in [0.3, 0.4) is 0 Å². The van der Waals surface area contributed by atoms with E-state index in [1.54, 1.807) is 0 Å². The van der Waals surface area contributed by atoms with Crippen molar-refractivity contribution in [1.82, 2.24) is 15.3 Å². The average Bonchev–Trinajstić information content (AvgIpc) is 3.02. The Morgan fingerprint density at radius 1 is 1.17 bits per heavy atom. The third-order valence-corrected chi connectivity index (χ3v) is 6.36. The summed E-state index contributed by atoms with van der Waals surface area (Å²) >= 11 is 0. The number of rotatable bonds is 2. The summed E-state index contributed by atoms with van der Waals surface area (Å²) in [4.78, 5) is 36.7. The van der Waals surface area contributed by atoms with Crippen LogP contribution in [0.1, 0.15) is 50.6 Å². The number of nitrogens with zero attached hydrogens (tertiary/aromatic N) is 3. The zero-order valence-electron chi connectivity index (χ0n) is 16.9. The molecule has 162 valence electrons. The van der Waals surface area contributed by atoms with Crippen LogP contribution in [-0.2, 0) is 9.59 Å². The number of ketones is 2. The van der Waals surface area contributed by atoms with Gasteiger partial charge in [0.05, 0.1) is 16.8 Å². The summed E-state index contributed by atoms with van der Waals surface area (Å²) in [5.74, 6) is -3.63. The van der Waals surface area contributed by atoms with Gasteiger partial charge in [-0.05, 0) is 31.9 Å². The van der Waals surface area contributed by atoms with Gasteiger partial charge in [0.1, 0.15) is 5.78 Å². The first-order valence-electron chi connectivity index (χ1n) is 10.6. The van der Waals surface area contributed by atoms with Gasteiger partial charge in [-0.2, -0.15) is 0 Å². The number of carbonyl (C=O) groups excluding carboxylic acids is 2. The van der Waals surface area contributed by atoms with Gasteiger partial charge in [-0.1, -0.05) is 6.42 Å². The van der Waals surface area contributed by atoms with Crippen molar-refractivity contribution in [3.63, 3.8) is 0 Å². The highest BCUT2D eigenvalue weighted by Gasteiger charge is 2.58. The number of Topliss-reactive ketones (excluding diaryl/α,β-unsaturated/α-hetero) is 2. The molecule has 7 nitrogen and oxygen atoms in total. The smallest absolute Gasteiger partial charge is 0.253 e. The lowest BCUT2D eigenvalue weighted by Crippen LogP contribution is -2.51. The third kappa shape index (κ3) is 3.82. The Kier molecular flexibility index (Phi) is 5.57. The van der Waals surface area contributed by atoms with Crippen molar-refractivity contribution in [1.29, 1.82) is 0 Å². The van der Waals surface area contributed by atoms with Gasteiger partial charge < -0.3 is 16.0 Å². The first kappa shape index (κ1) is 20.8. The summed E-state index contributed by atoms with van der Waals surface area (Å²) in [6, 6.07) is 1.53. The van der Waals surface area contributed by atoms with Gasteiger partial charge >= 0.3 is 0 Å². The highest BCUT2D eigenvalue weighted by molar-refractivity contribution is 6.18. The van der Waals surface area contributed by atoms with E-state index in [9.17, 15) is 18.4 Å². The van der Waals surface area contributed by atoms with E-state index < -0.39 is 30.0 Å². The van der Waals surface area contributed by atoms with Crippen molar-refractivity contribution >= 4 is 23.2 Å². The van der Waals surface area contributed by atoms with Gasteiger partial charge in [-0.3, -0.25) is 9.59 Å². The highest BCUT2D eigenvalue weighted by atomic mass is 19.3. The van der Waals surface area contributed by atoms with E-state index in [0.29, 0.717) is 25.3 Å². The van der Waals surface area contributed by atoms with Crippen LogP contribution in [0.4, 0.5) is 14.7 Å². The Morgan fingerprint density at radius 2 is 2.00 bits per heavy atom. The predicted molar refractivity (Wildman–Crippen MR) is 108 cm³/mol. The summed E-state index contributed by atoms with van der Waals surface area (Å²) in [5, 5.41) is 3.30. The number of halogens is 2. The van der Waals surface area contributed by atoms with Crippen molar-refractivity contribution in [2.45, 2.75) is 50.9 Å². The Hall–Kier alpha value is -2.42. The molecular weight excluding hydrogens is 392 g/mol. The van der Waals surface area contributed by atoms with E-state index in [0.717, 1.165) is 26.1 Å². The fraction of sp³-hybridized carbons (Fsp3) is 0.619. The number of nitrogens with two attached hydrogens (primary N) is 1. The Labute approximate surface area is 174 Å². The maximum absolute atomic E-state index is 14.7. The lowest BCUT2D eigenvalue weighted by Gasteiger charge is -2.41. The number of carbonyl (C=O) groups is 2. The maximum atomic E-state index is 14.7. The summed E-state index contributed by atoms with van der Waals surface area (Å²) < 4.78 is 29.4. The standard InChI is InChI=1S/C21H27F2N5O2/c22-21(23)12-14(18(30)20(13-21)6-2-1-4-16(20)29)17(24)15-5-8-26-19(27-15)28-10-3-7-25-9-11-28/h5,8,25H,1-4,6-7,9-13,24H2. The number of anilines is 1. The monoisotopic (exact) mass is 419 g/mol. The van der Waals surface area contributed by atoms with Crippen LogP contribution in [0.2, 0.25) is 0 Å². The molecule has 0 radical (unpaired) electrons. The molecule has 1 aromatic rings. The number of allylic oxidation sites excluding steroid dienone is 1. The van der Waals surface area contributed by atoms with Crippen molar-refractivity contribution in [3.8, 4) is 0 Å². The maximum Gasteiger partial charge on any atom is 0.253 e. The van der Waals surface area contributed by atoms with Gasteiger partial charge in [0.25, 0.3) is 5.92 Å². The van der Waals surface area contributed by atoms with Gasteiger partial charge in [0, 0.05) is 50.7 Å². The molecule has 1 spiro atoms. The summed E-state index contributed by atoms with van der Waals surface area (Å²) in [6.45, 7) is 3.18. The molecular formula is C21H27F2N5O2. The fourth-order valence-electron chi connectivity index (χ4n) is 4.80. The van der Waals surface area contributed by atoms with Crippen LogP contribution >= 0.6 is 0 Å². The first-order chi connectivity index (χ1) is 14.3. The molecule has 3 fully saturated rings. The van der Waals surface area contributed by atoms with Crippen LogP contribution < -0.4 is 16.0 Å². The van der Waals surface area contributed by atoms with Crippen LogP contribution in [0.15, 0.2) is 17.8 Å².